The minimum Gasteiger partial charge on any atom is -0.454 e. The topological polar surface area (TPSA) is 104 Å². The number of carbonyl (C=O) groups excluding carboxylic acids is 1. The number of hydrogen-bond donors (Lipinski definition) is 2. The van der Waals surface area contributed by atoms with Gasteiger partial charge in [0.1, 0.15) is 18.7 Å². The first-order chi connectivity index (χ1) is 14.9. The van der Waals surface area contributed by atoms with Gasteiger partial charge in [0.05, 0.1) is 24.2 Å². The van der Waals surface area contributed by atoms with Gasteiger partial charge in [0.15, 0.2) is 17.5 Å². The fourth-order valence-corrected chi connectivity index (χ4v) is 3.97. The molecular weight excluding hydrogens is 402 g/mol. The lowest BCUT2D eigenvalue weighted by atomic mass is 10.00. The zero-order valence-corrected chi connectivity index (χ0v) is 17.6. The largest absolute Gasteiger partial charge is 0.454 e. The highest BCUT2D eigenvalue weighted by Crippen LogP contribution is 2.40. The molecule has 2 aromatic carbocycles. The van der Waals surface area contributed by atoms with Gasteiger partial charge in [-0.1, -0.05) is 26.0 Å². The normalized spacial score (nSPS) is 16.9. The molecule has 0 aliphatic carbocycles. The first kappa shape index (κ1) is 21.1. The van der Waals surface area contributed by atoms with E-state index in [4.69, 9.17) is 14.2 Å². The van der Waals surface area contributed by atoms with Crippen molar-refractivity contribution in [2.75, 3.05) is 38.4 Å². The van der Waals surface area contributed by atoms with Crippen molar-refractivity contribution in [3.63, 3.8) is 0 Å². The van der Waals surface area contributed by atoms with Crippen LogP contribution in [0.15, 0.2) is 36.4 Å². The van der Waals surface area contributed by atoms with Crippen molar-refractivity contribution < 1.29 is 28.8 Å². The lowest BCUT2D eigenvalue weighted by Gasteiger charge is -2.30. The zero-order valence-electron chi connectivity index (χ0n) is 17.6. The van der Waals surface area contributed by atoms with Gasteiger partial charge in [0.2, 0.25) is 6.79 Å². The van der Waals surface area contributed by atoms with Crippen LogP contribution in [0.2, 0.25) is 0 Å². The Morgan fingerprint density at radius 2 is 1.74 bits per heavy atom. The number of carbonyl (C=O) groups is 1. The Kier molecular flexibility index (Phi) is 6.06. The van der Waals surface area contributed by atoms with Crippen LogP contribution in [-0.4, -0.2) is 43.9 Å². The number of hydrogen-bond acceptors (Lipinski definition) is 6. The molecule has 9 heteroatoms. The van der Waals surface area contributed by atoms with Crippen LogP contribution in [-0.2, 0) is 9.53 Å². The van der Waals surface area contributed by atoms with Crippen LogP contribution in [0.1, 0.15) is 36.9 Å². The molecule has 1 unspecified atom stereocenters. The van der Waals surface area contributed by atoms with Crippen LogP contribution in [0.5, 0.6) is 11.5 Å². The number of nitrogens with zero attached hydrogens (tertiary/aromatic N) is 1. The van der Waals surface area contributed by atoms with Crippen LogP contribution in [0, 0.1) is 10.1 Å². The number of nitro groups is 1. The van der Waals surface area contributed by atoms with Crippen molar-refractivity contribution >= 4 is 17.3 Å². The molecule has 2 aliphatic rings. The summed E-state index contributed by atoms with van der Waals surface area (Å²) < 4.78 is 16.2. The smallest absolute Gasteiger partial charge is 0.287 e. The van der Waals surface area contributed by atoms with Crippen LogP contribution in [0.4, 0.5) is 11.4 Å². The standard InChI is InChI=1S/C22H25N3O6/c1-14(2)15-3-5-16(6-4-15)23-22(26)21(24-7-9-29-10-8-24)17-11-19-20(31-13-30-19)12-18(17)25(27)28/h3-6,11-12,14,21H,7-10,13H2,1-2H3,(H,23,26)/p+1. The molecule has 9 nitrogen and oxygen atoms in total. The Morgan fingerprint density at radius 1 is 1.10 bits per heavy atom. The summed E-state index contributed by atoms with van der Waals surface area (Å²) in [4.78, 5) is 25.7. The molecule has 2 N–H and O–H groups in total. The molecule has 0 spiro atoms. The predicted octanol–water partition coefficient (Wildman–Crippen LogP) is 2.04. The second-order valence-electron chi connectivity index (χ2n) is 7.99. The number of benzene rings is 2. The highest BCUT2D eigenvalue weighted by molar-refractivity contribution is 5.95. The Hall–Kier alpha value is -3.17. The third kappa shape index (κ3) is 4.47. The number of anilines is 1. The van der Waals surface area contributed by atoms with E-state index in [0.717, 1.165) is 4.90 Å². The van der Waals surface area contributed by atoms with E-state index in [9.17, 15) is 14.9 Å². The number of ether oxygens (including phenoxy) is 3. The summed E-state index contributed by atoms with van der Waals surface area (Å²) in [5.74, 6) is 0.797. The van der Waals surface area contributed by atoms with Crippen molar-refractivity contribution in [1.29, 1.82) is 0 Å². The number of nitro benzene ring substituents is 1. The molecular formula is C22H26N3O6+. The predicted molar refractivity (Wildman–Crippen MR) is 113 cm³/mol. The Labute approximate surface area is 180 Å². The van der Waals surface area contributed by atoms with Crippen molar-refractivity contribution in [2.45, 2.75) is 25.8 Å². The van der Waals surface area contributed by atoms with Gasteiger partial charge in [-0.25, -0.2) is 0 Å². The number of morpholine rings is 1. The van der Waals surface area contributed by atoms with Crippen molar-refractivity contribution in [2.24, 2.45) is 0 Å². The van der Waals surface area contributed by atoms with Crippen LogP contribution < -0.4 is 19.7 Å². The van der Waals surface area contributed by atoms with Crippen LogP contribution >= 0.6 is 0 Å². The maximum absolute atomic E-state index is 13.4. The number of amides is 1. The fraction of sp³-hybridized carbons (Fsp3) is 0.409. The minimum atomic E-state index is -0.788. The molecule has 164 valence electrons. The molecule has 2 aliphatic heterocycles. The lowest BCUT2D eigenvalue weighted by molar-refractivity contribution is -0.929. The average Bonchev–Trinajstić information content (AvgIpc) is 3.22. The van der Waals surface area contributed by atoms with E-state index in [2.05, 4.69) is 19.2 Å². The van der Waals surface area contributed by atoms with Gasteiger partial charge in [0.25, 0.3) is 11.6 Å². The maximum atomic E-state index is 13.4. The van der Waals surface area contributed by atoms with E-state index in [-0.39, 0.29) is 18.4 Å². The Balaban J connectivity index is 1.69. The van der Waals surface area contributed by atoms with Gasteiger partial charge in [0, 0.05) is 11.8 Å². The second-order valence-corrected chi connectivity index (χ2v) is 7.99. The number of rotatable bonds is 6. The average molecular weight is 428 g/mol. The fourth-order valence-electron chi connectivity index (χ4n) is 3.97. The SMILES string of the molecule is CC(C)c1ccc(NC(=O)C(c2cc3c(cc2[N+](=O)[O-])OCO3)[NH+]2CCOCC2)cc1. The number of quaternary nitrogens is 1. The maximum Gasteiger partial charge on any atom is 0.287 e. The minimum absolute atomic E-state index is 0.000580. The van der Waals surface area contributed by atoms with Crippen molar-refractivity contribution in [1.82, 2.24) is 0 Å². The highest BCUT2D eigenvalue weighted by Gasteiger charge is 2.39. The van der Waals surface area contributed by atoms with Crippen molar-refractivity contribution in [3.8, 4) is 11.5 Å². The van der Waals surface area contributed by atoms with E-state index in [1.54, 1.807) is 6.07 Å². The van der Waals surface area contributed by atoms with Crippen LogP contribution in [0.25, 0.3) is 0 Å². The number of nitrogens with one attached hydrogen (secondary N) is 2. The molecule has 0 saturated carbocycles. The van der Waals surface area contributed by atoms with Gasteiger partial charge in [-0.05, 0) is 23.6 Å². The molecule has 1 atom stereocenters. The first-order valence-corrected chi connectivity index (χ1v) is 10.3. The molecule has 0 radical (unpaired) electrons. The molecule has 1 saturated heterocycles. The summed E-state index contributed by atoms with van der Waals surface area (Å²) >= 11 is 0. The van der Waals surface area contributed by atoms with E-state index in [0.29, 0.717) is 55.0 Å². The van der Waals surface area contributed by atoms with Crippen LogP contribution in [0.3, 0.4) is 0 Å². The summed E-state index contributed by atoms with van der Waals surface area (Å²) in [6.45, 7) is 6.31. The summed E-state index contributed by atoms with van der Waals surface area (Å²) in [6.07, 6.45) is 0. The molecule has 31 heavy (non-hydrogen) atoms. The van der Waals surface area contributed by atoms with Crippen molar-refractivity contribution in [3.05, 3.63) is 57.6 Å². The first-order valence-electron chi connectivity index (χ1n) is 10.3. The summed E-state index contributed by atoms with van der Waals surface area (Å²) in [6, 6.07) is 9.77. The molecule has 1 amide bonds. The number of fused-ring (bicyclic) bond motifs is 1. The van der Waals surface area contributed by atoms with Gasteiger partial charge in [-0.3, -0.25) is 14.9 Å². The molecule has 1 fully saturated rings. The van der Waals surface area contributed by atoms with Gasteiger partial charge in [-0.2, -0.15) is 0 Å². The molecule has 2 aromatic rings. The summed E-state index contributed by atoms with van der Waals surface area (Å²) in [5.41, 5.74) is 1.97. The van der Waals surface area contributed by atoms with Gasteiger partial charge in [-0.15, -0.1) is 0 Å². The third-order valence-electron chi connectivity index (χ3n) is 5.68. The quantitative estimate of drug-likeness (QED) is 0.539. The van der Waals surface area contributed by atoms with E-state index in [1.165, 1.54) is 11.6 Å². The third-order valence-corrected chi connectivity index (χ3v) is 5.68. The van der Waals surface area contributed by atoms with E-state index < -0.39 is 11.0 Å². The highest BCUT2D eigenvalue weighted by atomic mass is 16.7. The Morgan fingerprint density at radius 3 is 2.35 bits per heavy atom. The summed E-state index contributed by atoms with van der Waals surface area (Å²) in [5, 5.41) is 14.8. The molecule has 4 rings (SSSR count). The second kappa shape index (κ2) is 8.91. The monoisotopic (exact) mass is 428 g/mol. The zero-order chi connectivity index (χ0) is 22.0. The lowest BCUT2D eigenvalue weighted by Crippen LogP contribution is -3.15. The Bertz CT molecular complexity index is 970. The van der Waals surface area contributed by atoms with E-state index >= 15 is 0 Å². The van der Waals surface area contributed by atoms with Gasteiger partial charge >= 0.3 is 0 Å². The summed E-state index contributed by atoms with van der Waals surface area (Å²) in [7, 11) is 0. The molecule has 0 bridgehead atoms. The van der Waals surface area contributed by atoms with E-state index in [1.807, 2.05) is 24.3 Å². The molecule has 0 aromatic heterocycles. The van der Waals surface area contributed by atoms with Gasteiger partial charge < -0.3 is 24.4 Å². The molecule has 2 heterocycles.